The summed E-state index contributed by atoms with van der Waals surface area (Å²) in [4.78, 5) is 11.9. The molecule has 0 aromatic heterocycles. The first-order valence-electron chi connectivity index (χ1n) is 10.3. The molecule has 2 aliphatic rings. The molecule has 0 amide bonds. The Balaban J connectivity index is 0.00000280. The lowest BCUT2D eigenvalue weighted by molar-refractivity contribution is 0.322. The van der Waals surface area contributed by atoms with E-state index in [-0.39, 0.29) is 24.0 Å². The molecule has 0 spiro atoms. The Hall–Kier alpha value is -1.22. The van der Waals surface area contributed by atoms with Crippen molar-refractivity contribution < 1.29 is 4.74 Å². The molecule has 0 bridgehead atoms. The number of rotatable bonds is 6. The summed E-state index contributed by atoms with van der Waals surface area (Å²) in [7, 11) is 3.62. The van der Waals surface area contributed by atoms with Gasteiger partial charge >= 0.3 is 0 Å². The van der Waals surface area contributed by atoms with Crippen molar-refractivity contribution in [3.63, 3.8) is 0 Å². The van der Waals surface area contributed by atoms with E-state index in [0.29, 0.717) is 0 Å². The van der Waals surface area contributed by atoms with Crippen LogP contribution < -0.4 is 15.0 Å². The molecular weight excluding hydrogens is 465 g/mol. The van der Waals surface area contributed by atoms with Crippen LogP contribution in [0.25, 0.3) is 0 Å². The Bertz CT molecular complexity index is 619. The number of nitrogens with one attached hydrogen (secondary N) is 1. The second kappa shape index (κ2) is 11.7. The average Bonchev–Trinajstić information content (AvgIpc) is 3.17. The summed E-state index contributed by atoms with van der Waals surface area (Å²) in [5.74, 6) is 2.71. The van der Waals surface area contributed by atoms with Crippen LogP contribution in [-0.2, 0) is 0 Å². The number of ether oxygens (including phenoxy) is 1. The van der Waals surface area contributed by atoms with Crippen LogP contribution in [0.3, 0.4) is 0 Å². The van der Waals surface area contributed by atoms with Crippen LogP contribution in [0.1, 0.15) is 19.8 Å². The van der Waals surface area contributed by atoms with Crippen LogP contribution in [0.15, 0.2) is 29.3 Å². The van der Waals surface area contributed by atoms with Crippen LogP contribution in [0.2, 0.25) is 0 Å². The average molecular weight is 501 g/mol. The molecular formula is C21H36IN5O. The summed E-state index contributed by atoms with van der Waals surface area (Å²) in [5.41, 5.74) is 1.24. The Kier molecular flexibility index (Phi) is 9.64. The minimum Gasteiger partial charge on any atom is -0.497 e. The van der Waals surface area contributed by atoms with Crippen molar-refractivity contribution in [2.45, 2.75) is 19.8 Å². The van der Waals surface area contributed by atoms with Gasteiger partial charge in [0.05, 0.1) is 7.11 Å². The van der Waals surface area contributed by atoms with Crippen LogP contribution in [-0.4, -0.2) is 82.3 Å². The third-order valence-electron chi connectivity index (χ3n) is 5.67. The molecule has 2 heterocycles. The lowest BCUT2D eigenvalue weighted by Gasteiger charge is -2.38. The lowest BCUT2D eigenvalue weighted by Crippen LogP contribution is -2.53. The molecule has 7 heteroatoms. The van der Waals surface area contributed by atoms with Crippen molar-refractivity contribution in [2.75, 3.05) is 71.4 Å². The first-order valence-corrected chi connectivity index (χ1v) is 10.3. The highest BCUT2D eigenvalue weighted by atomic mass is 127. The second-order valence-corrected chi connectivity index (χ2v) is 7.56. The number of anilines is 1. The van der Waals surface area contributed by atoms with Gasteiger partial charge < -0.3 is 24.8 Å². The summed E-state index contributed by atoms with van der Waals surface area (Å²) < 4.78 is 5.36. The van der Waals surface area contributed by atoms with Crippen molar-refractivity contribution in [1.29, 1.82) is 0 Å². The molecule has 1 unspecified atom stereocenters. The molecule has 1 N–H and O–H groups in total. The monoisotopic (exact) mass is 501 g/mol. The zero-order chi connectivity index (χ0) is 19.1. The van der Waals surface area contributed by atoms with Gasteiger partial charge in [0.15, 0.2) is 5.96 Å². The van der Waals surface area contributed by atoms with Gasteiger partial charge in [-0.2, -0.15) is 0 Å². The molecule has 3 rings (SSSR count). The van der Waals surface area contributed by atoms with Crippen LogP contribution in [0.5, 0.6) is 5.75 Å². The van der Waals surface area contributed by atoms with Crippen LogP contribution in [0.4, 0.5) is 5.69 Å². The Morgan fingerprint density at radius 2 is 2.00 bits per heavy atom. The molecule has 2 aliphatic heterocycles. The van der Waals surface area contributed by atoms with E-state index in [1.54, 1.807) is 7.11 Å². The maximum atomic E-state index is 5.36. The zero-order valence-corrected chi connectivity index (χ0v) is 19.9. The van der Waals surface area contributed by atoms with E-state index in [1.807, 2.05) is 13.1 Å². The molecule has 0 aliphatic carbocycles. The minimum atomic E-state index is 0. The van der Waals surface area contributed by atoms with Crippen molar-refractivity contribution in [1.82, 2.24) is 15.1 Å². The molecule has 1 aromatic carbocycles. The number of hydrogen-bond acceptors (Lipinski definition) is 4. The van der Waals surface area contributed by atoms with Crippen LogP contribution >= 0.6 is 24.0 Å². The largest absolute Gasteiger partial charge is 0.497 e. The highest BCUT2D eigenvalue weighted by Crippen LogP contribution is 2.22. The number of likely N-dealkylation sites (tertiary alicyclic amines) is 1. The highest BCUT2D eigenvalue weighted by Gasteiger charge is 2.24. The first kappa shape index (κ1) is 23.1. The number of aliphatic imine (C=N–C) groups is 1. The van der Waals surface area contributed by atoms with Crippen molar-refractivity contribution in [3.05, 3.63) is 24.3 Å². The van der Waals surface area contributed by atoms with E-state index in [0.717, 1.165) is 50.4 Å². The maximum Gasteiger partial charge on any atom is 0.193 e. The fraction of sp³-hybridized carbons (Fsp3) is 0.667. The van der Waals surface area contributed by atoms with E-state index in [9.17, 15) is 0 Å². The van der Waals surface area contributed by atoms with Gasteiger partial charge in [0.2, 0.25) is 0 Å². The number of nitrogens with zero attached hydrogens (tertiary/aromatic N) is 4. The van der Waals surface area contributed by atoms with Crippen LogP contribution in [0, 0.1) is 5.92 Å². The van der Waals surface area contributed by atoms with Gasteiger partial charge in [-0.3, -0.25) is 4.99 Å². The molecule has 2 saturated heterocycles. The number of methoxy groups -OCH3 is 1. The molecule has 0 radical (unpaired) electrons. The molecule has 28 heavy (non-hydrogen) atoms. The van der Waals surface area contributed by atoms with Gasteiger partial charge in [-0.05, 0) is 44.0 Å². The third kappa shape index (κ3) is 6.14. The van der Waals surface area contributed by atoms with E-state index in [2.05, 4.69) is 50.1 Å². The summed E-state index contributed by atoms with van der Waals surface area (Å²) in [6.45, 7) is 11.0. The third-order valence-corrected chi connectivity index (χ3v) is 5.67. The number of piperazine rings is 1. The summed E-state index contributed by atoms with van der Waals surface area (Å²) in [5, 5.41) is 3.63. The Labute approximate surface area is 187 Å². The predicted octanol–water partition coefficient (Wildman–Crippen LogP) is 2.74. The van der Waals surface area contributed by atoms with Gasteiger partial charge in [-0.15, -0.1) is 24.0 Å². The highest BCUT2D eigenvalue weighted by molar-refractivity contribution is 14.0. The summed E-state index contributed by atoms with van der Waals surface area (Å²) in [6.07, 6.45) is 2.55. The van der Waals surface area contributed by atoms with Gasteiger partial charge in [-0.25, -0.2) is 0 Å². The van der Waals surface area contributed by atoms with Gasteiger partial charge in [0.25, 0.3) is 0 Å². The Morgan fingerprint density at radius 3 is 2.68 bits per heavy atom. The van der Waals surface area contributed by atoms with Gasteiger partial charge in [0.1, 0.15) is 5.75 Å². The summed E-state index contributed by atoms with van der Waals surface area (Å²) in [6, 6.07) is 8.33. The molecule has 0 saturated carbocycles. The topological polar surface area (TPSA) is 43.3 Å². The lowest BCUT2D eigenvalue weighted by atomic mass is 10.1. The number of guanidine groups is 1. The smallest absolute Gasteiger partial charge is 0.193 e. The fourth-order valence-corrected chi connectivity index (χ4v) is 4.15. The zero-order valence-electron chi connectivity index (χ0n) is 17.6. The molecule has 2 fully saturated rings. The van der Waals surface area contributed by atoms with Gasteiger partial charge in [-0.1, -0.05) is 13.0 Å². The normalized spacial score (nSPS) is 20.8. The molecule has 6 nitrogen and oxygen atoms in total. The van der Waals surface area contributed by atoms with Crippen molar-refractivity contribution in [2.24, 2.45) is 10.9 Å². The molecule has 158 valence electrons. The molecule has 1 atom stereocenters. The van der Waals surface area contributed by atoms with E-state index in [1.165, 1.54) is 38.2 Å². The first-order chi connectivity index (χ1) is 13.2. The van der Waals surface area contributed by atoms with E-state index in [4.69, 9.17) is 4.74 Å². The van der Waals surface area contributed by atoms with E-state index < -0.39 is 0 Å². The molecule has 1 aromatic rings. The maximum absolute atomic E-state index is 5.36. The second-order valence-electron chi connectivity index (χ2n) is 7.56. The van der Waals surface area contributed by atoms with Crippen molar-refractivity contribution >= 4 is 35.6 Å². The summed E-state index contributed by atoms with van der Waals surface area (Å²) >= 11 is 0. The van der Waals surface area contributed by atoms with Gasteiger partial charge in [0, 0.05) is 58.1 Å². The fourth-order valence-electron chi connectivity index (χ4n) is 4.15. The standard InChI is InChI=1S/C21H35N5O.HI/c1-4-9-24-10-8-18(17-24)16-23-21(22-2)26-13-11-25(12-14-26)19-6-5-7-20(15-19)27-3;/h5-7,15,18H,4,8-14,16-17H2,1-3H3,(H,22,23);1H. The van der Waals surface area contributed by atoms with Crippen molar-refractivity contribution in [3.8, 4) is 5.75 Å². The van der Waals surface area contributed by atoms with E-state index >= 15 is 0 Å². The predicted molar refractivity (Wildman–Crippen MR) is 128 cm³/mol. The number of halogens is 1. The quantitative estimate of drug-likeness (QED) is 0.369. The number of hydrogen-bond donors (Lipinski definition) is 1. The minimum absolute atomic E-state index is 0. The SMILES string of the molecule is CCCN1CCC(CNC(=NC)N2CCN(c3cccc(OC)c3)CC2)C1.I. The Morgan fingerprint density at radius 1 is 1.21 bits per heavy atom. The number of benzene rings is 1.